The van der Waals surface area contributed by atoms with Crippen LogP contribution < -0.4 is 0 Å². The molecule has 0 bridgehead atoms. The highest BCUT2D eigenvalue weighted by molar-refractivity contribution is 7.42. The number of rotatable bonds is 12. The summed E-state index contributed by atoms with van der Waals surface area (Å²) in [6.45, 7) is 3.26. The van der Waals surface area contributed by atoms with E-state index in [9.17, 15) is 62.3 Å². The van der Waals surface area contributed by atoms with Crippen molar-refractivity contribution >= 4 is 27.4 Å². The lowest BCUT2D eigenvalue weighted by atomic mass is 10.5. The number of hydrogen-bond acceptors (Lipinski definition) is 5. The molecule has 0 rings (SSSR count). The van der Waals surface area contributed by atoms with Crippen molar-refractivity contribution in [2.24, 2.45) is 0 Å². The van der Waals surface area contributed by atoms with Crippen molar-refractivity contribution < 1.29 is 76.2 Å². The average molecular weight is 574 g/mol. The highest BCUT2D eigenvalue weighted by Gasteiger charge is 2.91. The van der Waals surface area contributed by atoms with E-state index < -0.39 is 89.3 Å². The zero-order valence-electron chi connectivity index (χ0n) is 17.4. The van der Waals surface area contributed by atoms with Crippen molar-refractivity contribution in [3.05, 3.63) is 25.3 Å². The first kappa shape index (κ1) is 33.0. The highest BCUT2D eigenvalue weighted by atomic mass is 29.3. The van der Waals surface area contributed by atoms with Crippen LogP contribution in [0, 0.1) is 0 Å². The van der Waals surface area contributed by atoms with Crippen LogP contribution in [0.4, 0.5) is 52.7 Å². The number of carbonyl (C=O) groups is 2. The van der Waals surface area contributed by atoms with E-state index in [-0.39, 0.29) is 0 Å². The van der Waals surface area contributed by atoms with Gasteiger partial charge in [0, 0.05) is 12.2 Å². The van der Waals surface area contributed by atoms with Crippen molar-refractivity contribution in [2.75, 3.05) is 13.2 Å². The smallest absolute Gasteiger partial charge is 0.463 e. The van der Waals surface area contributed by atoms with E-state index >= 15 is 0 Å². The topological polar surface area (TPSA) is 61.8 Å². The van der Waals surface area contributed by atoms with Crippen LogP contribution in [-0.2, 0) is 23.5 Å². The molecule has 0 aliphatic rings. The molecule has 0 saturated carbocycles. The zero-order chi connectivity index (χ0) is 27.9. The van der Waals surface area contributed by atoms with Crippen LogP contribution in [0.15, 0.2) is 25.3 Å². The summed E-state index contributed by atoms with van der Waals surface area (Å²) in [5, 5.41) is 0. The predicted molar refractivity (Wildman–Crippen MR) is 98.0 cm³/mol. The Balaban J connectivity index is 6.93. The van der Waals surface area contributed by atoms with E-state index in [2.05, 4.69) is 27.1 Å². The minimum absolute atomic E-state index is 0.449. The second-order valence-electron chi connectivity index (χ2n) is 6.72. The number of carbonyl (C=O) groups excluding carboxylic acids is 2. The van der Waals surface area contributed by atoms with Crippen LogP contribution in [0.2, 0.25) is 12.1 Å². The lowest BCUT2D eigenvalue weighted by Gasteiger charge is -2.47. The minimum Gasteiger partial charge on any atom is -0.463 e. The van der Waals surface area contributed by atoms with E-state index in [1.165, 1.54) is 0 Å². The number of esters is 2. The molecule has 1 atom stereocenters. The molecule has 0 amide bonds. The SMILES string of the molecule is C=CC(=O)OCCC[Si](OC(F)(F)F)(C(F)(F)F)[Si](CCCOC(=O)C=C)(C(F)(F)F)C(F)(F)F. The Morgan fingerprint density at radius 1 is 0.657 bits per heavy atom. The maximum Gasteiger partial charge on any atom is 0.512 e. The first-order valence-corrected chi connectivity index (χ1v) is 14.5. The van der Waals surface area contributed by atoms with Gasteiger partial charge in [0.15, 0.2) is 0 Å². The van der Waals surface area contributed by atoms with Gasteiger partial charge in [-0.1, -0.05) is 13.2 Å². The van der Waals surface area contributed by atoms with Crippen LogP contribution in [-0.4, -0.2) is 64.3 Å². The normalized spacial score (nSPS) is 15.2. The standard InChI is InChI=1S/C16H18F12O5Si2/c1-3-11(29)31-7-5-9-34(14(20,21)22,15(23,24)25)35(16(26,27)28,33-13(17,18)19)10-6-8-32-12(30)4-2/h3-4H,1-2,5-10H2. The van der Waals surface area contributed by atoms with Gasteiger partial charge in [-0.2, -0.15) is 39.5 Å². The number of ether oxygens (including phenoxy) is 2. The maximum atomic E-state index is 14.1. The number of alkyl halides is 12. The molecule has 1 unspecified atom stereocenters. The second kappa shape index (κ2) is 11.8. The van der Waals surface area contributed by atoms with E-state index in [4.69, 9.17) is 0 Å². The molecule has 0 aromatic heterocycles. The zero-order valence-corrected chi connectivity index (χ0v) is 19.4. The minimum atomic E-state index is -8.20. The van der Waals surface area contributed by atoms with Crippen LogP contribution in [0.1, 0.15) is 12.8 Å². The van der Waals surface area contributed by atoms with Crippen molar-refractivity contribution in [2.45, 2.75) is 48.7 Å². The van der Waals surface area contributed by atoms with Gasteiger partial charge >= 0.3 is 51.1 Å². The third-order valence-corrected chi connectivity index (χ3v) is 20.1. The fourth-order valence-corrected chi connectivity index (χ4v) is 17.3. The summed E-state index contributed by atoms with van der Waals surface area (Å²) in [4.78, 5) is 21.9. The van der Waals surface area contributed by atoms with Gasteiger partial charge in [0.05, 0.1) is 13.2 Å². The van der Waals surface area contributed by atoms with Crippen LogP contribution in [0.3, 0.4) is 0 Å². The van der Waals surface area contributed by atoms with Gasteiger partial charge in [-0.3, -0.25) is 0 Å². The number of halogens is 12. The molecule has 19 heteroatoms. The largest absolute Gasteiger partial charge is 0.512 e. The average Bonchev–Trinajstić information content (AvgIpc) is 2.66. The third-order valence-electron chi connectivity index (χ3n) is 4.60. The van der Waals surface area contributed by atoms with Gasteiger partial charge in [-0.25, -0.2) is 9.59 Å². The molecule has 5 nitrogen and oxygen atoms in total. The fraction of sp³-hybridized carbons (Fsp3) is 0.625. The third kappa shape index (κ3) is 7.99. The van der Waals surface area contributed by atoms with Crippen LogP contribution in [0.25, 0.3) is 0 Å². The number of hydrogen-bond donors (Lipinski definition) is 0. The lowest BCUT2D eigenvalue weighted by molar-refractivity contribution is -0.289. The van der Waals surface area contributed by atoms with Gasteiger partial charge in [0.25, 0.3) is 0 Å². The second-order valence-corrected chi connectivity index (χ2v) is 18.1. The quantitative estimate of drug-likeness (QED) is 0.101. The summed E-state index contributed by atoms with van der Waals surface area (Å²) in [6.07, 6.45) is -8.61. The monoisotopic (exact) mass is 574 g/mol. The summed E-state index contributed by atoms with van der Waals surface area (Å²) >= 11 is 0. The highest BCUT2D eigenvalue weighted by Crippen LogP contribution is 2.57. The Morgan fingerprint density at radius 3 is 1.31 bits per heavy atom. The van der Waals surface area contributed by atoms with Crippen molar-refractivity contribution in [3.63, 3.8) is 0 Å². The molecular weight excluding hydrogens is 556 g/mol. The first-order valence-electron chi connectivity index (χ1n) is 9.17. The molecule has 0 aliphatic heterocycles. The maximum absolute atomic E-state index is 14.1. The molecule has 0 spiro atoms. The molecule has 0 fully saturated rings. The molecule has 35 heavy (non-hydrogen) atoms. The van der Waals surface area contributed by atoms with E-state index in [1.807, 2.05) is 0 Å². The summed E-state index contributed by atoms with van der Waals surface area (Å²) in [5.74, 6) is -23.0. The van der Waals surface area contributed by atoms with Crippen molar-refractivity contribution in [3.8, 4) is 0 Å². The molecule has 0 N–H and O–H groups in total. The predicted octanol–water partition coefficient (Wildman–Crippen LogP) is 5.54. The summed E-state index contributed by atoms with van der Waals surface area (Å²) in [6, 6.07) is -4.85. The van der Waals surface area contributed by atoms with Crippen LogP contribution in [0.5, 0.6) is 0 Å². The van der Waals surface area contributed by atoms with Crippen LogP contribution >= 0.6 is 0 Å². The lowest BCUT2D eigenvalue weighted by Crippen LogP contribution is -2.85. The molecule has 0 aromatic rings. The van der Waals surface area contributed by atoms with Crippen molar-refractivity contribution in [1.29, 1.82) is 0 Å². The molecule has 0 aromatic carbocycles. The Hall–Kier alpha value is -2.03. The molecular formula is C16H18F12O5Si2. The Kier molecular flexibility index (Phi) is 11.1. The van der Waals surface area contributed by atoms with Gasteiger partial charge in [-0.05, 0) is 24.9 Å². The molecule has 0 saturated heterocycles. The van der Waals surface area contributed by atoms with E-state index in [0.717, 1.165) is 0 Å². The molecule has 0 radical (unpaired) electrons. The summed E-state index contributed by atoms with van der Waals surface area (Å²) < 4.78 is 177. The molecule has 0 heterocycles. The van der Waals surface area contributed by atoms with Gasteiger partial charge in [0.2, 0.25) is 0 Å². The fourth-order valence-electron chi connectivity index (χ4n) is 3.22. The Morgan fingerprint density at radius 2 is 1.03 bits per heavy atom. The van der Waals surface area contributed by atoms with E-state index in [0.29, 0.717) is 12.2 Å². The van der Waals surface area contributed by atoms with Gasteiger partial charge in [-0.15, -0.1) is 13.2 Å². The Labute approximate surface area is 191 Å². The first-order chi connectivity index (χ1) is 15.6. The van der Waals surface area contributed by atoms with Crippen molar-refractivity contribution in [1.82, 2.24) is 0 Å². The van der Waals surface area contributed by atoms with Gasteiger partial charge in [0.1, 0.15) is 0 Å². The van der Waals surface area contributed by atoms with Gasteiger partial charge < -0.3 is 13.9 Å². The molecule has 0 aliphatic carbocycles. The summed E-state index contributed by atoms with van der Waals surface area (Å²) in [7, 11) is -16.2. The van der Waals surface area contributed by atoms with E-state index in [1.54, 1.807) is 0 Å². The Bertz CT molecular complexity index is 746. The summed E-state index contributed by atoms with van der Waals surface area (Å²) in [5.41, 5.74) is 0. The molecule has 204 valence electrons.